The van der Waals surface area contributed by atoms with Crippen molar-refractivity contribution in [3.8, 4) is 0 Å². The Balaban J connectivity index is 1.45. The summed E-state index contributed by atoms with van der Waals surface area (Å²) >= 11 is 0. The first-order valence-electron chi connectivity index (χ1n) is 10.4. The van der Waals surface area contributed by atoms with Gasteiger partial charge in [-0.05, 0) is 35.4 Å². The minimum atomic E-state index is -0.796. The van der Waals surface area contributed by atoms with Crippen molar-refractivity contribution in [3.63, 3.8) is 0 Å². The Morgan fingerprint density at radius 2 is 1.36 bits per heavy atom. The van der Waals surface area contributed by atoms with E-state index in [4.69, 9.17) is 0 Å². The fraction of sp³-hybridized carbons (Fsp3) is 0.0769. The second-order valence-electron chi connectivity index (χ2n) is 7.45. The Morgan fingerprint density at radius 3 is 1.88 bits per heavy atom. The zero-order valence-electron chi connectivity index (χ0n) is 17.9. The lowest BCUT2D eigenvalue weighted by Gasteiger charge is -2.19. The van der Waals surface area contributed by atoms with Gasteiger partial charge in [-0.2, -0.15) is 0 Å². The minimum Gasteiger partial charge on any atom is -0.337 e. The molecular weight excluding hydrogens is 416 g/mol. The Morgan fingerprint density at radius 1 is 0.788 bits per heavy atom. The third-order valence-electron chi connectivity index (χ3n) is 5.18. The van der Waals surface area contributed by atoms with Crippen LogP contribution in [-0.2, 0) is 16.6 Å². The van der Waals surface area contributed by atoms with E-state index in [0.717, 1.165) is 11.1 Å². The molecule has 33 heavy (non-hydrogen) atoms. The van der Waals surface area contributed by atoms with Crippen LogP contribution in [-0.4, -0.2) is 27.1 Å². The van der Waals surface area contributed by atoms with Crippen LogP contribution in [0.3, 0.4) is 0 Å². The second kappa shape index (κ2) is 9.74. The van der Waals surface area contributed by atoms with Gasteiger partial charge in [0.15, 0.2) is 5.82 Å². The average molecular weight is 438 g/mol. The molecule has 2 N–H and O–H groups in total. The predicted octanol–water partition coefficient (Wildman–Crippen LogP) is 3.50. The van der Waals surface area contributed by atoms with E-state index in [0.29, 0.717) is 17.1 Å². The molecule has 3 aromatic carbocycles. The second-order valence-corrected chi connectivity index (χ2v) is 7.45. The fourth-order valence-electron chi connectivity index (χ4n) is 3.45. The van der Waals surface area contributed by atoms with Crippen LogP contribution in [0.15, 0.2) is 97.3 Å². The van der Waals surface area contributed by atoms with Crippen molar-refractivity contribution in [1.29, 1.82) is 0 Å². The van der Waals surface area contributed by atoms with E-state index in [2.05, 4.69) is 15.6 Å². The number of anilines is 1. The maximum absolute atomic E-state index is 12.7. The van der Waals surface area contributed by atoms with E-state index < -0.39 is 17.9 Å². The van der Waals surface area contributed by atoms with E-state index in [1.165, 1.54) is 0 Å². The third-order valence-corrected chi connectivity index (χ3v) is 5.18. The molecule has 4 aromatic rings. The summed E-state index contributed by atoms with van der Waals surface area (Å²) in [5.74, 6) is -1.47. The quantitative estimate of drug-likeness (QED) is 0.356. The zero-order chi connectivity index (χ0) is 23.2. The summed E-state index contributed by atoms with van der Waals surface area (Å²) in [5.41, 5.74) is 2.56. The normalized spacial score (nSPS) is 10.6. The number of hydrogen-bond acceptors (Lipinski definition) is 4. The number of rotatable bonds is 6. The molecule has 0 fully saturated rings. The number of aryl methyl sites for hydroxylation is 1. The first kappa shape index (κ1) is 21.7. The minimum absolute atomic E-state index is 0.230. The fourth-order valence-corrected chi connectivity index (χ4v) is 3.45. The van der Waals surface area contributed by atoms with Gasteiger partial charge in [0.2, 0.25) is 5.78 Å². The number of nitrogens with one attached hydrogen (secondary N) is 2. The highest BCUT2D eigenvalue weighted by Gasteiger charge is 2.21. The number of imidazole rings is 1. The molecule has 2 amide bonds. The summed E-state index contributed by atoms with van der Waals surface area (Å²) in [7, 11) is 1.74. The van der Waals surface area contributed by atoms with Gasteiger partial charge in [-0.15, -0.1) is 0 Å². The van der Waals surface area contributed by atoms with Crippen molar-refractivity contribution in [2.75, 3.05) is 5.32 Å². The summed E-state index contributed by atoms with van der Waals surface area (Å²) in [5, 5.41) is 5.39. The first-order chi connectivity index (χ1) is 16.0. The van der Waals surface area contributed by atoms with E-state index in [-0.39, 0.29) is 5.78 Å². The van der Waals surface area contributed by atoms with Gasteiger partial charge >= 0.3 is 11.8 Å². The van der Waals surface area contributed by atoms with Crippen LogP contribution >= 0.6 is 0 Å². The van der Waals surface area contributed by atoms with Crippen molar-refractivity contribution in [1.82, 2.24) is 14.9 Å². The lowest BCUT2D eigenvalue weighted by atomic mass is 9.99. The maximum atomic E-state index is 12.7. The molecule has 164 valence electrons. The molecule has 0 bridgehead atoms. The molecular formula is C26H22N4O3. The van der Waals surface area contributed by atoms with E-state index >= 15 is 0 Å². The van der Waals surface area contributed by atoms with Gasteiger partial charge in [0, 0.05) is 30.7 Å². The van der Waals surface area contributed by atoms with Crippen LogP contribution in [0.25, 0.3) is 0 Å². The van der Waals surface area contributed by atoms with Crippen LogP contribution in [0.1, 0.15) is 33.4 Å². The van der Waals surface area contributed by atoms with Gasteiger partial charge in [-0.25, -0.2) is 4.98 Å². The highest BCUT2D eigenvalue weighted by molar-refractivity contribution is 6.39. The van der Waals surface area contributed by atoms with Crippen molar-refractivity contribution >= 4 is 23.3 Å². The van der Waals surface area contributed by atoms with Crippen molar-refractivity contribution < 1.29 is 14.4 Å². The van der Waals surface area contributed by atoms with Crippen LogP contribution in [0.4, 0.5) is 5.69 Å². The Kier molecular flexibility index (Phi) is 6.40. The number of ketones is 1. The van der Waals surface area contributed by atoms with Gasteiger partial charge in [0.05, 0.1) is 6.04 Å². The van der Waals surface area contributed by atoms with Gasteiger partial charge in [0.25, 0.3) is 0 Å². The molecule has 1 heterocycles. The SMILES string of the molecule is Cn1ccnc1C(=O)c1ccc(NC(=O)C(=O)NC(c2ccccc2)c2ccccc2)cc1. The molecule has 0 aliphatic rings. The molecule has 0 saturated carbocycles. The van der Waals surface area contributed by atoms with Crippen LogP contribution in [0.2, 0.25) is 0 Å². The largest absolute Gasteiger partial charge is 0.337 e. The molecule has 0 spiro atoms. The van der Waals surface area contributed by atoms with Gasteiger partial charge in [-0.3, -0.25) is 14.4 Å². The number of benzene rings is 3. The summed E-state index contributed by atoms with van der Waals surface area (Å²) in [4.78, 5) is 41.8. The lowest BCUT2D eigenvalue weighted by molar-refractivity contribution is -0.136. The summed E-state index contributed by atoms with van der Waals surface area (Å²) < 4.78 is 1.64. The lowest BCUT2D eigenvalue weighted by Crippen LogP contribution is -2.38. The van der Waals surface area contributed by atoms with Crippen molar-refractivity contribution in [2.45, 2.75) is 6.04 Å². The van der Waals surface area contributed by atoms with Crippen molar-refractivity contribution in [3.05, 3.63) is 120 Å². The van der Waals surface area contributed by atoms with Crippen LogP contribution in [0, 0.1) is 0 Å². The van der Waals surface area contributed by atoms with Crippen LogP contribution < -0.4 is 10.6 Å². The summed E-state index contributed by atoms with van der Waals surface area (Å²) in [6, 6.07) is 24.7. The summed E-state index contributed by atoms with van der Waals surface area (Å²) in [6.45, 7) is 0. The number of nitrogens with zero attached hydrogens (tertiary/aromatic N) is 2. The molecule has 1 aromatic heterocycles. The Bertz CT molecular complexity index is 1230. The monoisotopic (exact) mass is 438 g/mol. The number of carbonyl (C=O) groups excluding carboxylic acids is 3. The predicted molar refractivity (Wildman–Crippen MR) is 125 cm³/mol. The Hall–Kier alpha value is -4.52. The molecule has 7 heteroatoms. The molecule has 0 aliphatic carbocycles. The summed E-state index contributed by atoms with van der Waals surface area (Å²) in [6.07, 6.45) is 3.25. The highest BCUT2D eigenvalue weighted by atomic mass is 16.2. The van der Waals surface area contributed by atoms with E-state index in [9.17, 15) is 14.4 Å². The average Bonchev–Trinajstić information content (AvgIpc) is 3.29. The molecule has 0 aliphatic heterocycles. The Labute approximate surface area is 191 Å². The molecule has 0 atom stereocenters. The highest BCUT2D eigenvalue weighted by Crippen LogP contribution is 2.22. The van der Waals surface area contributed by atoms with E-state index in [1.54, 1.807) is 48.3 Å². The molecule has 4 rings (SSSR count). The zero-order valence-corrected chi connectivity index (χ0v) is 17.9. The van der Waals surface area contributed by atoms with Crippen molar-refractivity contribution in [2.24, 2.45) is 7.05 Å². The number of carbonyl (C=O) groups is 3. The molecule has 0 radical (unpaired) electrons. The maximum Gasteiger partial charge on any atom is 0.313 e. The topological polar surface area (TPSA) is 93.1 Å². The smallest absolute Gasteiger partial charge is 0.313 e. The van der Waals surface area contributed by atoms with Gasteiger partial charge in [-0.1, -0.05) is 60.7 Å². The van der Waals surface area contributed by atoms with Crippen LogP contribution in [0.5, 0.6) is 0 Å². The molecule has 7 nitrogen and oxygen atoms in total. The number of aromatic nitrogens is 2. The van der Waals surface area contributed by atoms with Gasteiger partial charge < -0.3 is 15.2 Å². The first-order valence-corrected chi connectivity index (χ1v) is 10.4. The number of hydrogen-bond donors (Lipinski definition) is 2. The number of amides is 2. The standard InChI is InChI=1S/C26H22N4O3/c1-30-17-16-27-24(30)23(31)20-12-14-21(15-13-20)28-25(32)26(33)29-22(18-8-4-2-5-9-18)19-10-6-3-7-11-19/h2-17,22H,1H3,(H,28,32)(H,29,33). The van der Waals surface area contributed by atoms with E-state index in [1.807, 2.05) is 60.7 Å². The molecule has 0 saturated heterocycles. The molecule has 0 unspecified atom stereocenters. The van der Waals surface area contributed by atoms with Gasteiger partial charge in [0.1, 0.15) is 0 Å². The third kappa shape index (κ3) is 5.04.